The second-order valence-corrected chi connectivity index (χ2v) is 3.92. The van der Waals surface area contributed by atoms with Crippen molar-refractivity contribution in [1.82, 2.24) is 4.90 Å². The highest BCUT2D eigenvalue weighted by Gasteiger charge is 2.35. The summed E-state index contributed by atoms with van der Waals surface area (Å²) >= 11 is 0. The largest absolute Gasteiger partial charge is 0.453 e. The Bertz CT molecular complexity index is 238. The lowest BCUT2D eigenvalue weighted by Gasteiger charge is -2.35. The summed E-state index contributed by atoms with van der Waals surface area (Å²) in [6, 6.07) is -0.295. The minimum atomic E-state index is -0.392. The van der Waals surface area contributed by atoms with E-state index in [0.29, 0.717) is 13.0 Å². The molecule has 1 amide bonds. The first kappa shape index (κ1) is 11.0. The van der Waals surface area contributed by atoms with Crippen LogP contribution in [0.2, 0.25) is 0 Å². The fraction of sp³-hybridized carbons (Fsp3) is 0.800. The van der Waals surface area contributed by atoms with Crippen molar-refractivity contribution < 1.29 is 14.3 Å². The average molecular weight is 199 g/mol. The monoisotopic (exact) mass is 199 g/mol. The molecule has 0 aromatic rings. The van der Waals surface area contributed by atoms with E-state index < -0.39 is 6.09 Å². The quantitative estimate of drug-likeness (QED) is 0.642. The molecule has 4 nitrogen and oxygen atoms in total. The topological polar surface area (TPSA) is 46.6 Å². The lowest BCUT2D eigenvalue weighted by molar-refractivity contribution is -0.127. The van der Waals surface area contributed by atoms with E-state index in [4.69, 9.17) is 0 Å². The van der Waals surface area contributed by atoms with Crippen LogP contribution >= 0.6 is 0 Å². The van der Waals surface area contributed by atoms with E-state index >= 15 is 0 Å². The number of ether oxygens (including phenoxy) is 1. The van der Waals surface area contributed by atoms with Crippen molar-refractivity contribution >= 4 is 11.9 Å². The molecule has 4 heteroatoms. The molecule has 1 rings (SSSR count). The Morgan fingerprint density at radius 1 is 1.57 bits per heavy atom. The maximum Gasteiger partial charge on any atom is 0.410 e. The number of amides is 1. The Morgan fingerprint density at radius 2 is 2.21 bits per heavy atom. The van der Waals surface area contributed by atoms with Gasteiger partial charge in [0.05, 0.1) is 13.2 Å². The van der Waals surface area contributed by atoms with Crippen LogP contribution in [0.5, 0.6) is 0 Å². The van der Waals surface area contributed by atoms with E-state index in [1.165, 1.54) is 12.0 Å². The number of Topliss-reactive ketones (excluding diaryl/α,β-unsaturated/α-hetero) is 1. The van der Waals surface area contributed by atoms with Crippen LogP contribution in [0.4, 0.5) is 4.79 Å². The molecule has 1 unspecified atom stereocenters. The van der Waals surface area contributed by atoms with E-state index in [0.717, 1.165) is 6.42 Å². The minimum absolute atomic E-state index is 0.150. The Morgan fingerprint density at radius 3 is 2.71 bits per heavy atom. The van der Waals surface area contributed by atoms with Crippen LogP contribution in [0.25, 0.3) is 0 Å². The molecule has 1 atom stereocenters. The Balaban J connectivity index is 2.79. The summed E-state index contributed by atoms with van der Waals surface area (Å²) < 4.78 is 4.65. The van der Waals surface area contributed by atoms with E-state index in [1.807, 2.05) is 13.8 Å². The standard InChI is InChI=1S/C10H17NO3/c1-7(2)9-8(12)5-4-6-11(9)10(13)14-3/h7,9H,4-6H2,1-3H3. The molecule has 0 aliphatic carbocycles. The van der Waals surface area contributed by atoms with Crippen molar-refractivity contribution in [2.45, 2.75) is 32.7 Å². The normalized spacial score (nSPS) is 22.7. The van der Waals surface area contributed by atoms with Gasteiger partial charge < -0.3 is 4.74 Å². The molecule has 0 radical (unpaired) electrons. The number of rotatable bonds is 1. The van der Waals surface area contributed by atoms with E-state index in [9.17, 15) is 9.59 Å². The van der Waals surface area contributed by atoms with Gasteiger partial charge in [0.1, 0.15) is 0 Å². The highest BCUT2D eigenvalue weighted by Crippen LogP contribution is 2.20. The van der Waals surface area contributed by atoms with Gasteiger partial charge in [-0.2, -0.15) is 0 Å². The molecule has 1 saturated heterocycles. The number of ketones is 1. The van der Waals surface area contributed by atoms with E-state index in [1.54, 1.807) is 0 Å². The van der Waals surface area contributed by atoms with Gasteiger partial charge in [-0.3, -0.25) is 9.69 Å². The lowest BCUT2D eigenvalue weighted by atomic mass is 9.92. The predicted molar refractivity (Wildman–Crippen MR) is 52.0 cm³/mol. The summed E-state index contributed by atoms with van der Waals surface area (Å²) in [5, 5.41) is 0. The number of hydrogen-bond donors (Lipinski definition) is 0. The summed E-state index contributed by atoms with van der Waals surface area (Å²) in [5.41, 5.74) is 0. The molecule has 0 spiro atoms. The fourth-order valence-electron chi connectivity index (χ4n) is 1.94. The van der Waals surface area contributed by atoms with Gasteiger partial charge >= 0.3 is 6.09 Å². The summed E-state index contributed by atoms with van der Waals surface area (Å²) in [6.45, 7) is 4.52. The first-order valence-electron chi connectivity index (χ1n) is 4.95. The number of carbonyl (C=O) groups is 2. The summed E-state index contributed by atoms with van der Waals surface area (Å²) in [6.07, 6.45) is 0.935. The smallest absolute Gasteiger partial charge is 0.410 e. The Hall–Kier alpha value is -1.06. The molecule has 1 aliphatic rings. The van der Waals surface area contributed by atoms with Crippen molar-refractivity contribution in [3.05, 3.63) is 0 Å². The van der Waals surface area contributed by atoms with Crippen LogP contribution in [-0.4, -0.2) is 36.5 Å². The van der Waals surface area contributed by atoms with Crippen molar-refractivity contribution in [3.63, 3.8) is 0 Å². The number of piperidine rings is 1. The fourth-order valence-corrected chi connectivity index (χ4v) is 1.94. The van der Waals surface area contributed by atoms with Crippen LogP contribution in [0.1, 0.15) is 26.7 Å². The van der Waals surface area contributed by atoms with Gasteiger partial charge in [0.25, 0.3) is 0 Å². The van der Waals surface area contributed by atoms with Gasteiger partial charge in [-0.05, 0) is 12.3 Å². The zero-order valence-corrected chi connectivity index (χ0v) is 8.95. The zero-order chi connectivity index (χ0) is 10.7. The molecule has 1 fully saturated rings. The molecule has 0 bridgehead atoms. The van der Waals surface area contributed by atoms with Crippen molar-refractivity contribution in [2.24, 2.45) is 5.92 Å². The van der Waals surface area contributed by atoms with Gasteiger partial charge in [-0.1, -0.05) is 13.8 Å². The molecule has 0 aromatic carbocycles. The van der Waals surface area contributed by atoms with Crippen LogP contribution in [0.15, 0.2) is 0 Å². The molecule has 0 N–H and O–H groups in total. The number of hydrogen-bond acceptors (Lipinski definition) is 3. The van der Waals surface area contributed by atoms with Gasteiger partial charge in [-0.15, -0.1) is 0 Å². The third-order valence-corrected chi connectivity index (χ3v) is 2.53. The lowest BCUT2D eigenvalue weighted by Crippen LogP contribution is -2.51. The Labute approximate surface area is 84.2 Å². The third-order valence-electron chi connectivity index (χ3n) is 2.53. The molecule has 80 valence electrons. The summed E-state index contributed by atoms with van der Waals surface area (Å²) in [7, 11) is 1.35. The van der Waals surface area contributed by atoms with Gasteiger partial charge in [0, 0.05) is 13.0 Å². The molecular weight excluding hydrogens is 182 g/mol. The van der Waals surface area contributed by atoms with E-state index in [2.05, 4.69) is 4.74 Å². The molecule has 0 saturated carbocycles. The van der Waals surface area contributed by atoms with Gasteiger partial charge in [0.15, 0.2) is 5.78 Å². The van der Waals surface area contributed by atoms with Crippen molar-refractivity contribution in [1.29, 1.82) is 0 Å². The maximum atomic E-state index is 11.6. The second-order valence-electron chi connectivity index (χ2n) is 3.92. The van der Waals surface area contributed by atoms with Crippen LogP contribution in [0.3, 0.4) is 0 Å². The molecule has 1 heterocycles. The summed E-state index contributed by atoms with van der Waals surface area (Å²) in [4.78, 5) is 24.5. The minimum Gasteiger partial charge on any atom is -0.453 e. The highest BCUT2D eigenvalue weighted by atomic mass is 16.5. The summed E-state index contributed by atoms with van der Waals surface area (Å²) in [5.74, 6) is 0.304. The molecule has 0 aromatic heterocycles. The van der Waals surface area contributed by atoms with Crippen molar-refractivity contribution in [3.8, 4) is 0 Å². The van der Waals surface area contributed by atoms with Crippen LogP contribution < -0.4 is 0 Å². The van der Waals surface area contributed by atoms with Crippen LogP contribution in [-0.2, 0) is 9.53 Å². The number of carbonyl (C=O) groups excluding carboxylic acids is 2. The molecule has 1 aliphatic heterocycles. The average Bonchev–Trinajstić information content (AvgIpc) is 2.15. The number of methoxy groups -OCH3 is 1. The Kier molecular flexibility index (Phi) is 3.49. The third kappa shape index (κ3) is 2.05. The highest BCUT2D eigenvalue weighted by molar-refractivity contribution is 5.88. The van der Waals surface area contributed by atoms with E-state index in [-0.39, 0.29) is 17.7 Å². The maximum absolute atomic E-state index is 11.6. The molecule has 14 heavy (non-hydrogen) atoms. The zero-order valence-electron chi connectivity index (χ0n) is 8.95. The second kappa shape index (κ2) is 4.44. The van der Waals surface area contributed by atoms with Gasteiger partial charge in [-0.25, -0.2) is 4.79 Å². The number of nitrogens with zero attached hydrogens (tertiary/aromatic N) is 1. The number of likely N-dealkylation sites (tertiary alicyclic amines) is 1. The van der Waals surface area contributed by atoms with Gasteiger partial charge in [0.2, 0.25) is 0 Å². The van der Waals surface area contributed by atoms with Crippen LogP contribution in [0, 0.1) is 5.92 Å². The SMILES string of the molecule is COC(=O)N1CCCC(=O)C1C(C)C. The molecular formula is C10H17NO3. The first-order valence-corrected chi connectivity index (χ1v) is 4.95. The predicted octanol–water partition coefficient (Wildman–Crippen LogP) is 1.44. The first-order chi connectivity index (χ1) is 6.57. The van der Waals surface area contributed by atoms with Crippen molar-refractivity contribution in [2.75, 3.05) is 13.7 Å².